The molecule has 0 aliphatic heterocycles. The van der Waals surface area contributed by atoms with Gasteiger partial charge in [-0.3, -0.25) is 0 Å². The van der Waals surface area contributed by atoms with E-state index in [9.17, 15) is 5.11 Å². The van der Waals surface area contributed by atoms with Crippen LogP contribution in [-0.4, -0.2) is 11.7 Å². The predicted octanol–water partition coefficient (Wildman–Crippen LogP) is 9.99. The summed E-state index contributed by atoms with van der Waals surface area (Å²) in [5, 5.41) is 13.2. The third-order valence-electron chi connectivity index (χ3n) is 6.23. The quantitative estimate of drug-likeness (QED) is 0.113. The lowest BCUT2D eigenvalue weighted by Gasteiger charge is -2.05. The van der Waals surface area contributed by atoms with Gasteiger partial charge in [0.1, 0.15) is 5.76 Å². The number of hydrogen-bond acceptors (Lipinski definition) is 2. The van der Waals surface area contributed by atoms with Crippen molar-refractivity contribution in [3.05, 3.63) is 12.0 Å². The number of aliphatic hydroxyl groups is 1. The van der Waals surface area contributed by atoms with E-state index >= 15 is 0 Å². The Labute approximate surface area is 190 Å². The smallest absolute Gasteiger partial charge is 0.108 e. The molecule has 0 unspecified atom stereocenters. The molecule has 0 aliphatic carbocycles. The first kappa shape index (κ1) is 29.3. The van der Waals surface area contributed by atoms with Crippen LogP contribution in [0.2, 0.25) is 0 Å². The SMILES string of the molecule is CCCCCCCCCCCCCCCCCCNC=C(O)CCCCCCCC. The van der Waals surface area contributed by atoms with Gasteiger partial charge in [0.05, 0.1) is 0 Å². The first-order chi connectivity index (χ1) is 14.8. The number of hydrogen-bond donors (Lipinski definition) is 2. The summed E-state index contributed by atoms with van der Waals surface area (Å²) in [6.07, 6.45) is 32.9. The Morgan fingerprint density at radius 2 is 0.833 bits per heavy atom. The van der Waals surface area contributed by atoms with Gasteiger partial charge in [0.15, 0.2) is 0 Å². The van der Waals surface area contributed by atoms with E-state index in [1.54, 1.807) is 0 Å². The average molecular weight is 424 g/mol. The highest BCUT2D eigenvalue weighted by atomic mass is 16.3. The zero-order valence-corrected chi connectivity index (χ0v) is 21.0. The zero-order chi connectivity index (χ0) is 22.0. The van der Waals surface area contributed by atoms with Crippen LogP contribution in [0.1, 0.15) is 162 Å². The number of rotatable bonds is 25. The highest BCUT2D eigenvalue weighted by Gasteiger charge is 1.96. The Balaban J connectivity index is 3.16. The summed E-state index contributed by atoms with van der Waals surface area (Å²) in [5.41, 5.74) is 0. The van der Waals surface area contributed by atoms with Crippen molar-refractivity contribution >= 4 is 0 Å². The van der Waals surface area contributed by atoms with Crippen molar-refractivity contribution in [3.8, 4) is 0 Å². The zero-order valence-electron chi connectivity index (χ0n) is 21.0. The van der Waals surface area contributed by atoms with Crippen LogP contribution in [0.5, 0.6) is 0 Å². The third kappa shape index (κ3) is 25.4. The minimum absolute atomic E-state index is 0.530. The van der Waals surface area contributed by atoms with E-state index in [0.29, 0.717) is 5.76 Å². The van der Waals surface area contributed by atoms with Crippen molar-refractivity contribution in [2.45, 2.75) is 162 Å². The summed E-state index contributed by atoms with van der Waals surface area (Å²) in [6.45, 7) is 5.54. The normalized spacial score (nSPS) is 11.9. The van der Waals surface area contributed by atoms with Crippen LogP contribution in [0.3, 0.4) is 0 Å². The van der Waals surface area contributed by atoms with Gasteiger partial charge in [-0.2, -0.15) is 0 Å². The minimum atomic E-state index is 0.530. The van der Waals surface area contributed by atoms with E-state index in [1.165, 1.54) is 135 Å². The second-order valence-corrected chi connectivity index (χ2v) is 9.41. The van der Waals surface area contributed by atoms with Gasteiger partial charge in [-0.05, 0) is 12.8 Å². The highest BCUT2D eigenvalue weighted by molar-refractivity contribution is 4.88. The molecule has 0 atom stereocenters. The van der Waals surface area contributed by atoms with Gasteiger partial charge in [0, 0.05) is 19.2 Å². The summed E-state index contributed by atoms with van der Waals surface area (Å²) in [4.78, 5) is 0. The van der Waals surface area contributed by atoms with E-state index in [-0.39, 0.29) is 0 Å². The lowest BCUT2D eigenvalue weighted by atomic mass is 10.0. The molecular weight excluding hydrogens is 366 g/mol. The van der Waals surface area contributed by atoms with Crippen molar-refractivity contribution in [1.29, 1.82) is 0 Å². The van der Waals surface area contributed by atoms with Crippen molar-refractivity contribution in [2.75, 3.05) is 6.54 Å². The summed E-state index contributed by atoms with van der Waals surface area (Å²) >= 11 is 0. The van der Waals surface area contributed by atoms with Crippen molar-refractivity contribution < 1.29 is 5.11 Å². The van der Waals surface area contributed by atoms with Crippen LogP contribution in [0.15, 0.2) is 12.0 Å². The second-order valence-electron chi connectivity index (χ2n) is 9.41. The Bertz CT molecular complexity index is 340. The number of allylic oxidation sites excluding steroid dienone is 1. The molecule has 0 aromatic rings. The van der Waals surface area contributed by atoms with Crippen LogP contribution in [0, 0.1) is 0 Å². The summed E-state index contributed by atoms with van der Waals surface area (Å²) in [5.74, 6) is 0.530. The van der Waals surface area contributed by atoms with E-state index in [1.807, 2.05) is 6.20 Å². The average Bonchev–Trinajstić information content (AvgIpc) is 2.75. The van der Waals surface area contributed by atoms with E-state index in [0.717, 1.165) is 19.4 Å². The molecular formula is C28H57NO. The van der Waals surface area contributed by atoms with Gasteiger partial charge in [-0.15, -0.1) is 0 Å². The number of aliphatic hydroxyl groups excluding tert-OH is 1. The molecule has 0 amide bonds. The van der Waals surface area contributed by atoms with Gasteiger partial charge in [0.2, 0.25) is 0 Å². The standard InChI is InChI=1S/C28H57NO/c1-3-5-7-9-11-12-13-14-15-16-17-18-19-20-22-24-26-29-27-28(30)25-23-21-10-8-6-4-2/h27,29-30H,3-26H2,1-2H3. The van der Waals surface area contributed by atoms with Crippen molar-refractivity contribution in [3.63, 3.8) is 0 Å². The molecule has 0 rings (SSSR count). The van der Waals surface area contributed by atoms with Crippen LogP contribution < -0.4 is 5.32 Å². The fourth-order valence-electron chi connectivity index (χ4n) is 4.12. The van der Waals surface area contributed by atoms with Crippen molar-refractivity contribution in [1.82, 2.24) is 5.32 Å². The maximum Gasteiger partial charge on any atom is 0.108 e. The summed E-state index contributed by atoms with van der Waals surface area (Å²) < 4.78 is 0. The Hall–Kier alpha value is -0.660. The Kier molecular flexibility index (Phi) is 25.8. The fourth-order valence-corrected chi connectivity index (χ4v) is 4.12. The van der Waals surface area contributed by atoms with Crippen LogP contribution >= 0.6 is 0 Å². The molecule has 0 saturated carbocycles. The first-order valence-electron chi connectivity index (χ1n) is 13.9. The maximum absolute atomic E-state index is 9.89. The molecule has 0 aromatic heterocycles. The van der Waals surface area contributed by atoms with Crippen LogP contribution in [0.25, 0.3) is 0 Å². The first-order valence-corrected chi connectivity index (χ1v) is 13.9. The largest absolute Gasteiger partial charge is 0.511 e. The fraction of sp³-hybridized carbons (Fsp3) is 0.929. The number of nitrogens with one attached hydrogen (secondary N) is 1. The molecule has 0 saturated heterocycles. The molecule has 2 heteroatoms. The van der Waals surface area contributed by atoms with Crippen LogP contribution in [-0.2, 0) is 0 Å². The molecule has 2 N–H and O–H groups in total. The van der Waals surface area contributed by atoms with Gasteiger partial charge in [-0.1, -0.05) is 142 Å². The lowest BCUT2D eigenvalue weighted by Crippen LogP contribution is -2.08. The molecule has 0 spiro atoms. The van der Waals surface area contributed by atoms with Crippen molar-refractivity contribution in [2.24, 2.45) is 0 Å². The Morgan fingerprint density at radius 1 is 0.500 bits per heavy atom. The predicted molar refractivity (Wildman–Crippen MR) is 136 cm³/mol. The van der Waals surface area contributed by atoms with Gasteiger partial charge in [0.25, 0.3) is 0 Å². The highest BCUT2D eigenvalue weighted by Crippen LogP contribution is 2.14. The molecule has 0 aliphatic rings. The third-order valence-corrected chi connectivity index (χ3v) is 6.23. The van der Waals surface area contributed by atoms with Gasteiger partial charge >= 0.3 is 0 Å². The monoisotopic (exact) mass is 423 g/mol. The molecule has 0 heterocycles. The van der Waals surface area contributed by atoms with Gasteiger partial charge < -0.3 is 10.4 Å². The summed E-state index contributed by atoms with van der Waals surface area (Å²) in [7, 11) is 0. The second kappa shape index (κ2) is 26.4. The van der Waals surface area contributed by atoms with E-state index in [2.05, 4.69) is 19.2 Å². The molecule has 0 bridgehead atoms. The van der Waals surface area contributed by atoms with Gasteiger partial charge in [-0.25, -0.2) is 0 Å². The minimum Gasteiger partial charge on any atom is -0.511 e. The molecule has 2 nitrogen and oxygen atoms in total. The Morgan fingerprint density at radius 3 is 1.23 bits per heavy atom. The molecule has 0 fully saturated rings. The summed E-state index contributed by atoms with van der Waals surface area (Å²) in [6, 6.07) is 0. The molecule has 0 radical (unpaired) electrons. The number of unbranched alkanes of at least 4 members (excludes halogenated alkanes) is 20. The van der Waals surface area contributed by atoms with E-state index < -0.39 is 0 Å². The topological polar surface area (TPSA) is 32.3 Å². The van der Waals surface area contributed by atoms with Crippen LogP contribution in [0.4, 0.5) is 0 Å². The maximum atomic E-state index is 9.89. The molecule has 180 valence electrons. The molecule has 30 heavy (non-hydrogen) atoms. The lowest BCUT2D eigenvalue weighted by molar-refractivity contribution is 0.375. The molecule has 0 aromatic carbocycles. The van der Waals surface area contributed by atoms with E-state index in [4.69, 9.17) is 0 Å².